The largest absolute Gasteiger partial charge is 0.480 e. The molecule has 37 heavy (non-hydrogen) atoms. The third-order valence-electron chi connectivity index (χ3n) is 8.07. The van der Waals surface area contributed by atoms with Gasteiger partial charge in [-0.1, -0.05) is 42.1 Å². The van der Waals surface area contributed by atoms with Gasteiger partial charge in [0.15, 0.2) is 23.7 Å². The van der Waals surface area contributed by atoms with Crippen molar-refractivity contribution in [3.8, 4) is 5.75 Å². The van der Waals surface area contributed by atoms with Crippen molar-refractivity contribution in [2.24, 2.45) is 11.1 Å². The van der Waals surface area contributed by atoms with Crippen LogP contribution in [0.3, 0.4) is 0 Å². The number of hydrogen-bond acceptors (Lipinski definition) is 8. The maximum atomic E-state index is 12.0. The number of hydrogen-bond donors (Lipinski definition) is 2. The predicted octanol–water partition coefficient (Wildman–Crippen LogP) is 3.70. The normalized spacial score (nSPS) is 20.3. The van der Waals surface area contributed by atoms with Crippen molar-refractivity contribution in [2.75, 3.05) is 36.5 Å². The molecular formula is C27H27N7O2S. The molecule has 2 aliphatic heterocycles. The lowest BCUT2D eigenvalue weighted by Crippen LogP contribution is -2.44. The third kappa shape index (κ3) is 3.66. The molecule has 7 rings (SSSR count). The topological polar surface area (TPSA) is 113 Å². The summed E-state index contributed by atoms with van der Waals surface area (Å²) in [5.41, 5.74) is 11.6. The van der Waals surface area contributed by atoms with E-state index in [0.717, 1.165) is 53.9 Å². The highest BCUT2D eigenvalue weighted by molar-refractivity contribution is 7.99. The molecule has 1 spiro atoms. The van der Waals surface area contributed by atoms with Crippen molar-refractivity contribution < 1.29 is 9.53 Å². The van der Waals surface area contributed by atoms with Crippen LogP contribution in [0.4, 0.5) is 11.6 Å². The summed E-state index contributed by atoms with van der Waals surface area (Å²) >= 11 is 1.46. The van der Waals surface area contributed by atoms with Gasteiger partial charge in [-0.15, -0.1) is 0 Å². The number of piperidine rings is 1. The lowest BCUT2D eigenvalue weighted by atomic mass is 9.73. The number of para-hydroxylation sites is 1. The number of benzene rings is 2. The number of imidazole rings is 1. The molecule has 4 heterocycles. The Bertz CT molecular complexity index is 1530. The molecule has 10 heteroatoms. The summed E-state index contributed by atoms with van der Waals surface area (Å²) in [6.07, 6.45) is 4.84. The van der Waals surface area contributed by atoms with Crippen molar-refractivity contribution in [3.63, 3.8) is 0 Å². The van der Waals surface area contributed by atoms with Crippen molar-refractivity contribution >= 4 is 40.6 Å². The van der Waals surface area contributed by atoms with E-state index in [2.05, 4.69) is 39.1 Å². The van der Waals surface area contributed by atoms with E-state index in [4.69, 9.17) is 20.4 Å². The summed E-state index contributed by atoms with van der Waals surface area (Å²) in [5.74, 6) is 1.43. The maximum Gasteiger partial charge on any atom is 0.264 e. The van der Waals surface area contributed by atoms with E-state index < -0.39 is 0 Å². The molecular weight excluding hydrogens is 486 g/mol. The number of H-pyrrole nitrogens is 1. The number of nitrogens with zero attached hydrogens (tertiary/aromatic N) is 5. The number of nitrogens with two attached hydrogens (primary N) is 1. The van der Waals surface area contributed by atoms with Crippen LogP contribution < -0.4 is 20.3 Å². The molecule has 0 unspecified atom stereocenters. The Kier molecular flexibility index (Phi) is 5.16. The molecule has 1 fully saturated rings. The van der Waals surface area contributed by atoms with Crippen molar-refractivity contribution in [3.05, 3.63) is 59.8 Å². The number of ether oxygens (including phenoxy) is 1. The van der Waals surface area contributed by atoms with Crippen LogP contribution in [0.5, 0.6) is 5.75 Å². The fourth-order valence-electron chi connectivity index (χ4n) is 5.91. The van der Waals surface area contributed by atoms with E-state index >= 15 is 0 Å². The number of fused-ring (bicyclic) bond motifs is 3. The Morgan fingerprint density at radius 3 is 2.81 bits per heavy atom. The zero-order valence-corrected chi connectivity index (χ0v) is 21.3. The number of rotatable bonds is 3. The number of carbonyl (C=O) groups is 1. The second-order valence-corrected chi connectivity index (χ2v) is 11.2. The van der Waals surface area contributed by atoms with Crippen molar-refractivity contribution in [1.29, 1.82) is 0 Å². The Morgan fingerprint density at radius 2 is 1.97 bits per heavy atom. The highest BCUT2D eigenvalue weighted by Gasteiger charge is 2.46. The first-order chi connectivity index (χ1) is 18.0. The van der Waals surface area contributed by atoms with E-state index in [1.807, 2.05) is 18.2 Å². The van der Waals surface area contributed by atoms with Gasteiger partial charge in [-0.3, -0.25) is 4.79 Å². The van der Waals surface area contributed by atoms with E-state index in [1.54, 1.807) is 18.1 Å². The molecule has 2 aromatic heterocycles. The number of aromatic nitrogens is 4. The van der Waals surface area contributed by atoms with Crippen LogP contribution >= 0.6 is 11.8 Å². The fraction of sp³-hybridized carbons (Fsp3) is 0.333. The molecule has 9 nitrogen and oxygen atoms in total. The van der Waals surface area contributed by atoms with E-state index in [9.17, 15) is 4.79 Å². The molecule has 3 N–H and O–H groups in total. The molecule has 1 saturated heterocycles. The van der Waals surface area contributed by atoms with Crippen LogP contribution in [-0.4, -0.2) is 52.6 Å². The summed E-state index contributed by atoms with van der Waals surface area (Å²) in [5, 5.41) is 0.728. The average molecular weight is 514 g/mol. The Balaban J connectivity index is 1.09. The Morgan fingerprint density at radius 1 is 1.14 bits per heavy atom. The zero-order chi connectivity index (χ0) is 25.1. The van der Waals surface area contributed by atoms with Crippen molar-refractivity contribution in [2.45, 2.75) is 35.2 Å². The molecule has 1 atom stereocenters. The Labute approximate surface area is 218 Å². The van der Waals surface area contributed by atoms with Gasteiger partial charge in [0.05, 0.1) is 16.8 Å². The van der Waals surface area contributed by atoms with Crippen LogP contribution in [-0.2, 0) is 11.2 Å². The standard InChI is InChI=1S/C27H27N7O2S/c1-33-18-7-4-8-19(22(18)36-15-21(33)35)37-20-14-29-24-25(30-20)32-26(31-24)34-11-9-27(10-12-34)13-16-5-2-3-6-17(16)23(27)28/h2-8,14,23H,9-13,15,28H2,1H3,(H,29,30,31,32)/t23-/m1/s1. The molecule has 0 saturated carbocycles. The third-order valence-corrected chi connectivity index (χ3v) is 9.02. The van der Waals surface area contributed by atoms with Gasteiger partial charge in [0.25, 0.3) is 5.91 Å². The van der Waals surface area contributed by atoms with Gasteiger partial charge in [0.1, 0.15) is 5.03 Å². The lowest BCUT2D eigenvalue weighted by molar-refractivity contribution is -0.121. The van der Waals surface area contributed by atoms with Crippen LogP contribution in [0.1, 0.15) is 30.0 Å². The van der Waals surface area contributed by atoms with Gasteiger partial charge >= 0.3 is 0 Å². The van der Waals surface area contributed by atoms with Crippen LogP contribution in [0, 0.1) is 5.41 Å². The maximum absolute atomic E-state index is 12.0. The number of carbonyl (C=O) groups excluding carboxylic acids is 1. The minimum Gasteiger partial charge on any atom is -0.480 e. The summed E-state index contributed by atoms with van der Waals surface area (Å²) in [4.78, 5) is 34.3. The Hall–Kier alpha value is -3.63. The van der Waals surface area contributed by atoms with E-state index in [1.165, 1.54) is 22.9 Å². The summed E-state index contributed by atoms with van der Waals surface area (Å²) in [6.45, 7) is 1.81. The van der Waals surface area contributed by atoms with Crippen LogP contribution in [0.25, 0.3) is 11.3 Å². The van der Waals surface area contributed by atoms with Gasteiger partial charge in [0.2, 0.25) is 5.95 Å². The fourth-order valence-corrected chi connectivity index (χ4v) is 6.78. The first-order valence-electron chi connectivity index (χ1n) is 12.5. The molecule has 4 aromatic rings. The van der Waals surface area contributed by atoms with E-state index in [-0.39, 0.29) is 24.0 Å². The average Bonchev–Trinajstić information content (AvgIpc) is 3.46. The number of nitrogens with one attached hydrogen (secondary N) is 1. The first kappa shape index (κ1) is 22.6. The van der Waals surface area contributed by atoms with Crippen molar-refractivity contribution in [1.82, 2.24) is 19.9 Å². The monoisotopic (exact) mass is 513 g/mol. The second kappa shape index (κ2) is 8.46. The minimum absolute atomic E-state index is 0.0316. The predicted molar refractivity (Wildman–Crippen MR) is 142 cm³/mol. The number of anilines is 2. The molecule has 0 radical (unpaired) electrons. The molecule has 1 aliphatic carbocycles. The van der Waals surface area contributed by atoms with Crippen LogP contribution in [0.2, 0.25) is 0 Å². The summed E-state index contributed by atoms with van der Waals surface area (Å²) in [6, 6.07) is 14.5. The lowest BCUT2D eigenvalue weighted by Gasteiger charge is -2.42. The second-order valence-electron chi connectivity index (χ2n) is 10.1. The molecule has 1 amide bonds. The van der Waals surface area contributed by atoms with Gasteiger partial charge in [-0.25, -0.2) is 9.97 Å². The minimum atomic E-state index is -0.0658. The molecule has 0 bridgehead atoms. The highest BCUT2D eigenvalue weighted by atomic mass is 32.2. The first-order valence-corrected chi connectivity index (χ1v) is 13.3. The van der Waals surface area contributed by atoms with Crippen LogP contribution in [0.15, 0.2) is 58.6 Å². The quantitative estimate of drug-likeness (QED) is 0.426. The number of likely N-dealkylation sites (N-methyl/N-ethyl adjacent to an activating group) is 1. The van der Waals surface area contributed by atoms with Gasteiger partial charge in [0, 0.05) is 26.2 Å². The SMILES string of the molecule is CN1C(=O)COc2c(Sc3cnc4nc(N5CCC6(CC5)Cc5ccccc5[C@H]6N)[nH]c4n3)cccc21. The van der Waals surface area contributed by atoms with Gasteiger partial charge in [-0.2, -0.15) is 4.98 Å². The molecule has 3 aliphatic rings. The highest BCUT2D eigenvalue weighted by Crippen LogP contribution is 2.51. The number of amides is 1. The smallest absolute Gasteiger partial charge is 0.264 e. The zero-order valence-electron chi connectivity index (χ0n) is 20.5. The van der Waals surface area contributed by atoms with Gasteiger partial charge < -0.3 is 25.3 Å². The summed E-state index contributed by atoms with van der Waals surface area (Å²) < 4.78 is 5.75. The van der Waals surface area contributed by atoms with Gasteiger partial charge in [-0.05, 0) is 47.9 Å². The summed E-state index contributed by atoms with van der Waals surface area (Å²) in [7, 11) is 1.76. The number of aromatic amines is 1. The van der Waals surface area contributed by atoms with E-state index in [0.29, 0.717) is 17.0 Å². The molecule has 2 aromatic carbocycles. The molecule has 188 valence electrons.